The van der Waals surface area contributed by atoms with E-state index >= 15 is 0 Å². The molecule has 0 bridgehead atoms. The maximum Gasteiger partial charge on any atom is 0.148 e. The summed E-state index contributed by atoms with van der Waals surface area (Å²) in [5, 5.41) is 6.03. The SMILES string of the molecule is [Pt].[c-]1c(Oc2[c-]c3c(cc2)c2ccccc2n3-c2cc(-c3ccccc3-c3ccccc3)ccn2)cccc1N1[OH+]N(c2ccccc2)c2ccccc21. The zero-order chi connectivity index (χ0) is 35.1. The molecule has 0 spiro atoms. The normalized spacial score (nSPS) is 12.1. The summed E-state index contributed by atoms with van der Waals surface area (Å²) in [5.41, 5.74) is 10.2. The Morgan fingerprint density at radius 1 is 0.519 bits per heavy atom. The van der Waals surface area contributed by atoms with Crippen molar-refractivity contribution in [2.45, 2.75) is 0 Å². The van der Waals surface area contributed by atoms with Crippen LogP contribution in [0.2, 0.25) is 0 Å². The number of benzene rings is 7. The average Bonchev–Trinajstić information content (AvgIpc) is 3.78. The third kappa shape index (κ3) is 5.92. The maximum atomic E-state index is 6.50. The molecule has 9 aromatic rings. The summed E-state index contributed by atoms with van der Waals surface area (Å²) in [6.07, 6.45) is 1.88. The summed E-state index contributed by atoms with van der Waals surface area (Å²) in [6.45, 7) is 0. The third-order valence-corrected chi connectivity index (χ3v) is 9.57. The number of fused-ring (bicyclic) bond motifs is 4. The zero-order valence-electron chi connectivity index (χ0n) is 28.8. The van der Waals surface area contributed by atoms with Gasteiger partial charge in [-0.2, -0.15) is 17.1 Å². The molecule has 1 N–H and O–H groups in total. The molecule has 1 aliphatic heterocycles. The van der Waals surface area contributed by atoms with Gasteiger partial charge in [-0.25, -0.2) is 4.98 Å². The van der Waals surface area contributed by atoms with Crippen LogP contribution in [-0.2, 0) is 21.1 Å². The molecule has 0 saturated carbocycles. The number of anilines is 4. The monoisotopic (exact) mass is 878 g/mol. The van der Waals surface area contributed by atoms with Crippen molar-refractivity contribution in [3.05, 3.63) is 194 Å². The van der Waals surface area contributed by atoms with Gasteiger partial charge in [0, 0.05) is 50.0 Å². The van der Waals surface area contributed by atoms with Crippen LogP contribution in [0.5, 0.6) is 11.5 Å². The van der Waals surface area contributed by atoms with E-state index in [1.54, 1.807) is 0 Å². The summed E-state index contributed by atoms with van der Waals surface area (Å²) in [7, 11) is 0. The third-order valence-electron chi connectivity index (χ3n) is 9.57. The fourth-order valence-electron chi connectivity index (χ4n) is 7.17. The average molecular weight is 879 g/mol. The number of hydrogen-bond acceptors (Lipinski definition) is 4. The molecule has 0 amide bonds. The summed E-state index contributed by atoms with van der Waals surface area (Å²) >= 11 is 0. The summed E-state index contributed by atoms with van der Waals surface area (Å²) < 4.78 is 8.68. The molecule has 54 heavy (non-hydrogen) atoms. The minimum absolute atomic E-state index is 0. The molecule has 262 valence electrons. The molecule has 3 heterocycles. The van der Waals surface area contributed by atoms with Gasteiger partial charge >= 0.3 is 0 Å². The van der Waals surface area contributed by atoms with Gasteiger partial charge in [0.1, 0.15) is 22.9 Å². The van der Waals surface area contributed by atoms with Crippen molar-refractivity contribution in [1.29, 1.82) is 0 Å². The predicted molar refractivity (Wildman–Crippen MR) is 213 cm³/mol. The number of aromatic nitrogens is 2. The molecule has 0 atom stereocenters. The van der Waals surface area contributed by atoms with Gasteiger partial charge in [-0.05, 0) is 70.1 Å². The van der Waals surface area contributed by atoms with E-state index in [2.05, 4.69) is 120 Å². The fourth-order valence-corrected chi connectivity index (χ4v) is 7.17. The second-order valence-corrected chi connectivity index (χ2v) is 12.8. The second-order valence-electron chi connectivity index (χ2n) is 12.8. The molecule has 2 aromatic heterocycles. The van der Waals surface area contributed by atoms with Crippen molar-refractivity contribution < 1.29 is 30.7 Å². The molecule has 0 unspecified atom stereocenters. The minimum Gasteiger partial charge on any atom is -0.509 e. The number of ether oxygens (including phenoxy) is 1. The van der Waals surface area contributed by atoms with Crippen molar-refractivity contribution in [3.63, 3.8) is 0 Å². The summed E-state index contributed by atoms with van der Waals surface area (Å²) in [5.74, 6) is 1.94. The predicted octanol–water partition coefficient (Wildman–Crippen LogP) is 12.0. The number of rotatable bonds is 7. The van der Waals surface area contributed by atoms with E-state index in [4.69, 9.17) is 14.7 Å². The van der Waals surface area contributed by atoms with Crippen LogP contribution in [-0.4, -0.2) is 14.5 Å². The van der Waals surface area contributed by atoms with Crippen molar-refractivity contribution in [3.8, 4) is 39.6 Å². The minimum atomic E-state index is 0. The standard InChI is InChI=1S/C47H30N4O2.Pt/c1-3-14-33(15-4-1)39-20-7-8-21-40(39)34-28-29-48-47(30-34)49-43-23-10-9-22-41(43)42-27-26-38(32-46(42)49)52-37-19-13-18-36(31-37)51-45-25-12-11-24-44(45)50(53-51)35-16-5-2-6-17-35;/h1-30H;/q-2;/p+1. The summed E-state index contributed by atoms with van der Waals surface area (Å²) in [4.78, 5) is 9.87. The Morgan fingerprint density at radius 2 is 1.19 bits per heavy atom. The first-order chi connectivity index (χ1) is 26.3. The number of para-hydroxylation sites is 4. The molecule has 0 saturated heterocycles. The van der Waals surface area contributed by atoms with Gasteiger partial charge in [-0.15, -0.1) is 40.8 Å². The largest absolute Gasteiger partial charge is 0.509 e. The van der Waals surface area contributed by atoms with Crippen LogP contribution < -0.4 is 14.9 Å². The van der Waals surface area contributed by atoms with Crippen molar-refractivity contribution in [2.24, 2.45) is 0 Å². The van der Waals surface area contributed by atoms with Gasteiger partial charge in [-0.1, -0.05) is 114 Å². The van der Waals surface area contributed by atoms with Crippen LogP contribution in [0.3, 0.4) is 0 Å². The van der Waals surface area contributed by atoms with E-state index in [-0.39, 0.29) is 21.1 Å². The molecular weight excluding hydrogens is 848 g/mol. The topological polar surface area (TPSA) is 46.3 Å². The van der Waals surface area contributed by atoms with Crippen LogP contribution in [0, 0.1) is 12.1 Å². The molecule has 7 heteroatoms. The van der Waals surface area contributed by atoms with Gasteiger partial charge in [0.05, 0.1) is 0 Å². The quantitative estimate of drug-likeness (QED) is 0.118. The molecule has 6 nitrogen and oxygen atoms in total. The van der Waals surface area contributed by atoms with E-state index < -0.39 is 0 Å². The van der Waals surface area contributed by atoms with E-state index in [1.165, 1.54) is 11.1 Å². The van der Waals surface area contributed by atoms with Gasteiger partial charge in [0.25, 0.3) is 0 Å². The number of pyridine rings is 1. The Bertz CT molecular complexity index is 2770. The first-order valence-corrected chi connectivity index (χ1v) is 17.5. The first kappa shape index (κ1) is 33.4. The zero-order valence-corrected chi connectivity index (χ0v) is 31.1. The Kier molecular flexibility index (Phi) is 8.76. The van der Waals surface area contributed by atoms with E-state index in [9.17, 15) is 0 Å². The van der Waals surface area contributed by atoms with Gasteiger partial charge in [-0.3, -0.25) is 0 Å². The molecular formula is C47H31N4O2Pt-. The van der Waals surface area contributed by atoms with Gasteiger partial charge in [0.15, 0.2) is 0 Å². The molecule has 0 radical (unpaired) electrons. The smallest absolute Gasteiger partial charge is 0.148 e. The molecule has 7 aromatic carbocycles. The Balaban J connectivity index is 0.00000384. The van der Waals surface area contributed by atoms with E-state index in [0.29, 0.717) is 11.5 Å². The van der Waals surface area contributed by atoms with Gasteiger partial charge < -0.3 is 9.30 Å². The van der Waals surface area contributed by atoms with E-state index in [0.717, 1.165) is 61.5 Å². The molecule has 0 aliphatic carbocycles. The van der Waals surface area contributed by atoms with E-state index in [1.807, 2.05) is 89.1 Å². The van der Waals surface area contributed by atoms with Crippen LogP contribution in [0.1, 0.15) is 0 Å². The van der Waals surface area contributed by atoms with Gasteiger partial charge in [0.2, 0.25) is 0 Å². The van der Waals surface area contributed by atoms with Crippen LogP contribution in [0.15, 0.2) is 182 Å². The maximum absolute atomic E-state index is 6.50. The van der Waals surface area contributed by atoms with Crippen molar-refractivity contribution in [1.82, 2.24) is 9.55 Å². The first-order valence-electron chi connectivity index (χ1n) is 17.5. The van der Waals surface area contributed by atoms with Crippen LogP contribution >= 0.6 is 0 Å². The summed E-state index contributed by atoms with van der Waals surface area (Å²) in [6, 6.07) is 66.9. The second kappa shape index (κ2) is 14.2. The molecule has 0 fully saturated rings. The molecule has 10 rings (SSSR count). The number of hydrogen-bond donors (Lipinski definition) is 0. The van der Waals surface area contributed by atoms with Crippen molar-refractivity contribution >= 4 is 44.6 Å². The Morgan fingerprint density at radius 3 is 2.00 bits per heavy atom. The van der Waals surface area contributed by atoms with Crippen LogP contribution in [0.25, 0.3) is 49.9 Å². The molecule has 1 aliphatic rings. The Labute approximate surface area is 327 Å². The van der Waals surface area contributed by atoms with Crippen molar-refractivity contribution in [2.75, 3.05) is 10.1 Å². The van der Waals surface area contributed by atoms with Crippen LogP contribution in [0.4, 0.5) is 22.7 Å². The number of nitrogens with zero attached hydrogens (tertiary/aromatic N) is 4. The fraction of sp³-hybridized carbons (Fsp3) is 0. The Hall–Kier alpha value is -6.46.